The SMILES string of the molecule is Cc1cc(OC(=O)c2c(C)c(C)c(O)c(C)c2O)cc(O)c1C(=O)N[C@H](C(=O)O)[C@H](C)O. The average Bonchev–Trinajstić information content (AvgIpc) is 2.68. The van der Waals surface area contributed by atoms with Gasteiger partial charge in [-0.05, 0) is 57.4 Å². The van der Waals surface area contributed by atoms with Crippen molar-refractivity contribution in [3.8, 4) is 23.0 Å². The summed E-state index contributed by atoms with van der Waals surface area (Å²) in [5.74, 6) is -4.63. The number of rotatable bonds is 6. The van der Waals surface area contributed by atoms with Crippen LogP contribution in [0.4, 0.5) is 0 Å². The number of hydrogen-bond acceptors (Lipinski definition) is 8. The van der Waals surface area contributed by atoms with Crippen LogP contribution >= 0.6 is 0 Å². The zero-order chi connectivity index (χ0) is 24.5. The van der Waals surface area contributed by atoms with E-state index in [1.807, 2.05) is 0 Å². The fourth-order valence-electron chi connectivity index (χ4n) is 3.22. The van der Waals surface area contributed by atoms with Gasteiger partial charge in [-0.15, -0.1) is 0 Å². The molecule has 0 aromatic heterocycles. The first kappa shape index (κ1) is 24.5. The van der Waals surface area contributed by atoms with Crippen LogP contribution in [-0.2, 0) is 4.79 Å². The summed E-state index contributed by atoms with van der Waals surface area (Å²) >= 11 is 0. The molecule has 0 saturated carbocycles. The van der Waals surface area contributed by atoms with Gasteiger partial charge >= 0.3 is 11.9 Å². The van der Waals surface area contributed by atoms with Gasteiger partial charge in [-0.2, -0.15) is 0 Å². The van der Waals surface area contributed by atoms with Gasteiger partial charge in [-0.25, -0.2) is 9.59 Å². The zero-order valence-corrected chi connectivity index (χ0v) is 18.2. The summed E-state index contributed by atoms with van der Waals surface area (Å²) in [6.45, 7) is 7.17. The van der Waals surface area contributed by atoms with E-state index in [0.717, 1.165) is 6.07 Å². The molecule has 0 saturated heterocycles. The van der Waals surface area contributed by atoms with E-state index in [9.17, 15) is 34.8 Å². The predicted octanol–water partition coefficient (Wildman–Crippen LogP) is 1.82. The van der Waals surface area contributed by atoms with Crippen LogP contribution in [0, 0.1) is 27.7 Å². The minimum absolute atomic E-state index is 0.109. The first-order valence-electron chi connectivity index (χ1n) is 9.57. The fourth-order valence-corrected chi connectivity index (χ4v) is 3.22. The molecule has 2 atom stereocenters. The number of aliphatic hydroxyl groups excluding tert-OH is 1. The molecule has 0 bridgehead atoms. The van der Waals surface area contributed by atoms with E-state index < -0.39 is 41.5 Å². The Hall–Kier alpha value is -3.79. The second-order valence-electron chi connectivity index (χ2n) is 7.50. The van der Waals surface area contributed by atoms with Gasteiger partial charge in [0.2, 0.25) is 0 Å². The summed E-state index contributed by atoms with van der Waals surface area (Å²) < 4.78 is 5.26. The second-order valence-corrected chi connectivity index (χ2v) is 7.50. The van der Waals surface area contributed by atoms with Crippen LogP contribution in [0.2, 0.25) is 0 Å². The molecule has 2 aromatic carbocycles. The number of carbonyl (C=O) groups is 3. The molecular weight excluding hydrogens is 422 g/mol. The number of benzene rings is 2. The van der Waals surface area contributed by atoms with Crippen molar-refractivity contribution < 1.29 is 44.7 Å². The Morgan fingerprint density at radius 2 is 1.50 bits per heavy atom. The summed E-state index contributed by atoms with van der Waals surface area (Å²) in [5.41, 5.74) is 0.566. The molecule has 0 aliphatic carbocycles. The molecule has 2 aromatic rings. The summed E-state index contributed by atoms with van der Waals surface area (Å²) in [6, 6.07) is 0.674. The third kappa shape index (κ3) is 4.59. The van der Waals surface area contributed by atoms with Crippen molar-refractivity contribution in [2.75, 3.05) is 0 Å². The molecule has 0 unspecified atom stereocenters. The zero-order valence-electron chi connectivity index (χ0n) is 18.2. The van der Waals surface area contributed by atoms with E-state index in [2.05, 4.69) is 5.32 Å². The predicted molar refractivity (Wildman–Crippen MR) is 112 cm³/mol. The number of aliphatic carboxylic acids is 1. The third-order valence-electron chi connectivity index (χ3n) is 5.20. The van der Waals surface area contributed by atoms with E-state index in [-0.39, 0.29) is 33.8 Å². The maximum absolute atomic E-state index is 12.7. The quantitative estimate of drug-likeness (QED) is 0.285. The van der Waals surface area contributed by atoms with Crippen LogP contribution in [0.5, 0.6) is 23.0 Å². The monoisotopic (exact) mass is 447 g/mol. The lowest BCUT2D eigenvalue weighted by Crippen LogP contribution is -2.47. The average molecular weight is 447 g/mol. The molecule has 0 spiro atoms. The third-order valence-corrected chi connectivity index (χ3v) is 5.20. The minimum atomic E-state index is -1.59. The van der Waals surface area contributed by atoms with E-state index in [1.165, 1.54) is 33.8 Å². The number of esters is 1. The highest BCUT2D eigenvalue weighted by molar-refractivity contribution is 6.01. The molecule has 0 heterocycles. The molecule has 32 heavy (non-hydrogen) atoms. The van der Waals surface area contributed by atoms with Crippen molar-refractivity contribution in [1.82, 2.24) is 5.32 Å². The number of aryl methyl sites for hydroxylation is 1. The number of nitrogens with one attached hydrogen (secondary N) is 1. The van der Waals surface area contributed by atoms with Crippen LogP contribution in [0.25, 0.3) is 0 Å². The first-order valence-corrected chi connectivity index (χ1v) is 9.57. The van der Waals surface area contributed by atoms with Gasteiger partial charge in [-0.3, -0.25) is 4.79 Å². The van der Waals surface area contributed by atoms with Gasteiger partial charge in [0.15, 0.2) is 6.04 Å². The normalized spacial score (nSPS) is 12.7. The van der Waals surface area contributed by atoms with Crippen LogP contribution in [-0.4, -0.2) is 55.5 Å². The van der Waals surface area contributed by atoms with Gasteiger partial charge in [0, 0.05) is 11.6 Å². The number of hydrogen-bond donors (Lipinski definition) is 6. The molecular formula is C22H25NO9. The fraction of sp³-hybridized carbons (Fsp3) is 0.318. The Balaban J connectivity index is 2.37. The van der Waals surface area contributed by atoms with Crippen LogP contribution in [0.15, 0.2) is 12.1 Å². The molecule has 10 nitrogen and oxygen atoms in total. The smallest absolute Gasteiger partial charge is 0.347 e. The molecule has 172 valence electrons. The number of carboxylic acids is 1. The van der Waals surface area contributed by atoms with Gasteiger partial charge in [0.05, 0.1) is 11.7 Å². The van der Waals surface area contributed by atoms with Gasteiger partial charge in [0.25, 0.3) is 5.91 Å². The maximum Gasteiger partial charge on any atom is 0.347 e. The lowest BCUT2D eigenvalue weighted by Gasteiger charge is -2.19. The van der Waals surface area contributed by atoms with E-state index in [4.69, 9.17) is 9.84 Å². The van der Waals surface area contributed by atoms with Crippen LogP contribution in [0.3, 0.4) is 0 Å². The maximum atomic E-state index is 12.7. The molecule has 2 rings (SSSR count). The van der Waals surface area contributed by atoms with Crippen molar-refractivity contribution in [1.29, 1.82) is 0 Å². The number of ether oxygens (including phenoxy) is 1. The number of amides is 1. The van der Waals surface area contributed by atoms with Gasteiger partial charge in [0.1, 0.15) is 28.6 Å². The van der Waals surface area contributed by atoms with E-state index in [0.29, 0.717) is 11.1 Å². The van der Waals surface area contributed by atoms with Crippen molar-refractivity contribution in [3.05, 3.63) is 45.5 Å². The number of aliphatic hydroxyl groups is 1. The molecule has 6 N–H and O–H groups in total. The minimum Gasteiger partial charge on any atom is -0.507 e. The highest BCUT2D eigenvalue weighted by Crippen LogP contribution is 2.37. The summed E-state index contributed by atoms with van der Waals surface area (Å²) in [6.07, 6.45) is -1.38. The van der Waals surface area contributed by atoms with Crippen molar-refractivity contribution in [2.24, 2.45) is 0 Å². The molecule has 0 fully saturated rings. The van der Waals surface area contributed by atoms with Gasteiger partial charge < -0.3 is 35.6 Å². The van der Waals surface area contributed by atoms with E-state index >= 15 is 0 Å². The van der Waals surface area contributed by atoms with Crippen molar-refractivity contribution >= 4 is 17.8 Å². The highest BCUT2D eigenvalue weighted by atomic mass is 16.5. The lowest BCUT2D eigenvalue weighted by molar-refractivity contribution is -0.141. The second kappa shape index (κ2) is 9.15. The number of aromatic hydroxyl groups is 3. The highest BCUT2D eigenvalue weighted by Gasteiger charge is 2.28. The topological polar surface area (TPSA) is 174 Å². The van der Waals surface area contributed by atoms with Crippen LogP contribution < -0.4 is 10.1 Å². The summed E-state index contributed by atoms with van der Waals surface area (Å²) in [4.78, 5) is 36.3. The molecule has 0 aliphatic rings. The number of phenols is 3. The molecule has 10 heteroatoms. The Labute approximate surface area is 183 Å². The summed E-state index contributed by atoms with van der Waals surface area (Å²) in [5, 5.41) is 51.4. The van der Waals surface area contributed by atoms with Crippen LogP contribution in [0.1, 0.15) is 49.9 Å². The lowest BCUT2D eigenvalue weighted by atomic mass is 9.97. The van der Waals surface area contributed by atoms with E-state index in [1.54, 1.807) is 6.92 Å². The Morgan fingerprint density at radius 3 is 2.00 bits per heavy atom. The van der Waals surface area contributed by atoms with Crippen molar-refractivity contribution in [2.45, 2.75) is 46.8 Å². The Kier molecular flexibility index (Phi) is 7.00. The largest absolute Gasteiger partial charge is 0.507 e. The van der Waals surface area contributed by atoms with Crippen molar-refractivity contribution in [3.63, 3.8) is 0 Å². The Morgan fingerprint density at radius 1 is 0.906 bits per heavy atom. The number of carboxylic acid groups (broad SMARTS) is 1. The molecule has 1 amide bonds. The molecule has 0 radical (unpaired) electrons. The standard InChI is InChI=1S/C22H25NO9/c1-8-6-13(7-14(25)15(8)20(28)23-17(12(5)24)21(29)30)32-22(31)16-9(2)10(3)18(26)11(4)19(16)27/h6-7,12,17,24-27H,1-5H3,(H,23,28)(H,29,30)/t12-,17-/m0/s1. The van der Waals surface area contributed by atoms with Gasteiger partial charge in [-0.1, -0.05) is 0 Å². The number of carbonyl (C=O) groups excluding carboxylic acids is 2. The summed E-state index contributed by atoms with van der Waals surface area (Å²) in [7, 11) is 0. The first-order chi connectivity index (χ1) is 14.8. The number of phenolic OH excluding ortho intramolecular Hbond substituents is 3. The Bertz CT molecular complexity index is 1050. The molecule has 0 aliphatic heterocycles.